The van der Waals surface area contributed by atoms with E-state index in [1.165, 1.54) is 44.3 Å². The van der Waals surface area contributed by atoms with Crippen LogP contribution in [0.1, 0.15) is 46.0 Å². The summed E-state index contributed by atoms with van der Waals surface area (Å²) in [4.78, 5) is 5.40. The number of nitrogens with zero attached hydrogens (tertiary/aromatic N) is 2. The lowest BCUT2D eigenvalue weighted by molar-refractivity contribution is 0.0918. The van der Waals surface area contributed by atoms with Gasteiger partial charge in [0.05, 0.1) is 6.61 Å². The van der Waals surface area contributed by atoms with Gasteiger partial charge in [-0.3, -0.25) is 4.90 Å². The van der Waals surface area contributed by atoms with E-state index in [2.05, 4.69) is 41.8 Å². The Morgan fingerprint density at radius 2 is 2.00 bits per heavy atom. The van der Waals surface area contributed by atoms with Crippen molar-refractivity contribution in [3.05, 3.63) is 24.3 Å². The molecule has 1 saturated carbocycles. The zero-order valence-corrected chi connectivity index (χ0v) is 16.2. The van der Waals surface area contributed by atoms with Gasteiger partial charge < -0.3 is 14.4 Å². The first-order valence-electron chi connectivity index (χ1n) is 9.96. The summed E-state index contributed by atoms with van der Waals surface area (Å²) in [6.07, 6.45) is 6.61. The number of benzene rings is 1. The molecule has 1 atom stereocenters. The van der Waals surface area contributed by atoms with Gasteiger partial charge in [-0.15, -0.1) is 0 Å². The van der Waals surface area contributed by atoms with E-state index in [0.29, 0.717) is 18.8 Å². The molecular formula is C21H34N2O2. The lowest BCUT2D eigenvalue weighted by atomic mass is 10.0. The third-order valence-corrected chi connectivity index (χ3v) is 5.81. The molecule has 25 heavy (non-hydrogen) atoms. The van der Waals surface area contributed by atoms with Crippen LogP contribution in [0.2, 0.25) is 0 Å². The van der Waals surface area contributed by atoms with Crippen molar-refractivity contribution in [1.29, 1.82) is 0 Å². The van der Waals surface area contributed by atoms with Crippen LogP contribution in [0.15, 0.2) is 24.3 Å². The van der Waals surface area contributed by atoms with Crippen molar-refractivity contribution < 1.29 is 9.47 Å². The Morgan fingerprint density at radius 3 is 2.68 bits per heavy atom. The number of hydrogen-bond acceptors (Lipinski definition) is 4. The summed E-state index contributed by atoms with van der Waals surface area (Å²) in [6, 6.07) is 9.31. The SMILES string of the molecule is CCCC(CC)N1CCN(c2cccc(OCCOC)c2)CC12CC2. The molecule has 140 valence electrons. The molecule has 2 aliphatic rings. The zero-order valence-electron chi connectivity index (χ0n) is 16.2. The van der Waals surface area contributed by atoms with Crippen LogP contribution in [-0.4, -0.2) is 56.4 Å². The number of rotatable bonds is 9. The lowest BCUT2D eigenvalue weighted by Crippen LogP contribution is -2.58. The van der Waals surface area contributed by atoms with Crippen molar-refractivity contribution in [1.82, 2.24) is 4.90 Å². The molecule has 3 rings (SSSR count). The van der Waals surface area contributed by atoms with E-state index in [4.69, 9.17) is 9.47 Å². The smallest absolute Gasteiger partial charge is 0.121 e. The van der Waals surface area contributed by atoms with Crippen LogP contribution in [0.4, 0.5) is 5.69 Å². The van der Waals surface area contributed by atoms with Crippen LogP contribution >= 0.6 is 0 Å². The Hall–Kier alpha value is -1.26. The van der Waals surface area contributed by atoms with Gasteiger partial charge in [-0.1, -0.05) is 26.3 Å². The Morgan fingerprint density at radius 1 is 1.16 bits per heavy atom. The first-order valence-corrected chi connectivity index (χ1v) is 9.96. The summed E-state index contributed by atoms with van der Waals surface area (Å²) in [5, 5.41) is 0. The standard InChI is InChI=1S/C21H34N2O2/c1-4-7-18(5-2)23-13-12-22(17-21(23)10-11-21)19-8-6-9-20(16-19)25-15-14-24-3/h6,8-9,16,18H,4-5,7,10-15,17H2,1-3H3. The van der Waals surface area contributed by atoms with E-state index in [0.717, 1.165) is 24.9 Å². The monoisotopic (exact) mass is 346 g/mol. The van der Waals surface area contributed by atoms with Gasteiger partial charge in [0.15, 0.2) is 0 Å². The molecule has 4 heteroatoms. The predicted molar refractivity (Wildman–Crippen MR) is 104 cm³/mol. The maximum atomic E-state index is 5.79. The van der Waals surface area contributed by atoms with Gasteiger partial charge in [0.1, 0.15) is 12.4 Å². The Kier molecular flexibility index (Phi) is 6.24. The average molecular weight is 347 g/mol. The highest BCUT2D eigenvalue weighted by molar-refractivity contribution is 5.52. The van der Waals surface area contributed by atoms with Crippen LogP contribution in [0, 0.1) is 0 Å². The number of methoxy groups -OCH3 is 1. The quantitative estimate of drug-likeness (QED) is 0.632. The van der Waals surface area contributed by atoms with Gasteiger partial charge in [-0.25, -0.2) is 0 Å². The molecule has 1 aromatic carbocycles. The fraction of sp³-hybridized carbons (Fsp3) is 0.714. The third kappa shape index (κ3) is 4.29. The second kappa shape index (κ2) is 8.41. The molecule has 1 saturated heterocycles. The van der Waals surface area contributed by atoms with Crippen molar-refractivity contribution in [2.75, 3.05) is 44.9 Å². The predicted octanol–water partition coefficient (Wildman–Crippen LogP) is 3.95. The lowest BCUT2D eigenvalue weighted by Gasteiger charge is -2.47. The minimum Gasteiger partial charge on any atom is -0.491 e. The fourth-order valence-electron chi connectivity index (χ4n) is 4.30. The largest absolute Gasteiger partial charge is 0.491 e. The molecule has 0 aromatic heterocycles. The maximum Gasteiger partial charge on any atom is 0.121 e. The number of anilines is 1. The van der Waals surface area contributed by atoms with Crippen molar-refractivity contribution in [2.24, 2.45) is 0 Å². The summed E-state index contributed by atoms with van der Waals surface area (Å²) >= 11 is 0. The van der Waals surface area contributed by atoms with Crippen LogP contribution in [0.25, 0.3) is 0 Å². The molecule has 1 aliphatic heterocycles. The second-order valence-electron chi connectivity index (χ2n) is 7.53. The first-order chi connectivity index (χ1) is 12.2. The number of piperazine rings is 1. The Bertz CT molecular complexity index is 544. The molecule has 0 bridgehead atoms. The molecule has 2 fully saturated rings. The van der Waals surface area contributed by atoms with E-state index in [1.54, 1.807) is 7.11 Å². The molecule has 1 aliphatic carbocycles. The van der Waals surface area contributed by atoms with Crippen LogP contribution < -0.4 is 9.64 Å². The number of ether oxygens (including phenoxy) is 2. The van der Waals surface area contributed by atoms with Crippen molar-refractivity contribution in [3.8, 4) is 5.75 Å². The molecule has 1 spiro atoms. The Labute approximate surface area is 153 Å². The molecule has 4 nitrogen and oxygen atoms in total. The average Bonchev–Trinajstić information content (AvgIpc) is 3.40. The molecule has 0 N–H and O–H groups in total. The highest BCUT2D eigenvalue weighted by Gasteiger charge is 2.52. The van der Waals surface area contributed by atoms with Gasteiger partial charge in [0.2, 0.25) is 0 Å². The molecule has 1 unspecified atom stereocenters. The molecule has 1 aromatic rings. The number of hydrogen-bond donors (Lipinski definition) is 0. The third-order valence-electron chi connectivity index (χ3n) is 5.81. The van der Waals surface area contributed by atoms with E-state index in [9.17, 15) is 0 Å². The summed E-state index contributed by atoms with van der Waals surface area (Å²) < 4.78 is 10.9. The molecule has 0 radical (unpaired) electrons. The van der Waals surface area contributed by atoms with Crippen molar-refractivity contribution >= 4 is 5.69 Å². The minimum absolute atomic E-state index is 0.432. The molecular weight excluding hydrogens is 312 g/mol. The van der Waals surface area contributed by atoms with E-state index < -0.39 is 0 Å². The summed E-state index contributed by atoms with van der Waals surface area (Å²) in [5.74, 6) is 0.944. The van der Waals surface area contributed by atoms with Gasteiger partial charge in [0, 0.05) is 50.1 Å². The van der Waals surface area contributed by atoms with Gasteiger partial charge >= 0.3 is 0 Å². The topological polar surface area (TPSA) is 24.9 Å². The maximum absolute atomic E-state index is 5.79. The summed E-state index contributed by atoms with van der Waals surface area (Å²) in [6.45, 7) is 9.36. The summed E-state index contributed by atoms with van der Waals surface area (Å²) in [5.41, 5.74) is 1.73. The molecule has 0 amide bonds. The second-order valence-corrected chi connectivity index (χ2v) is 7.53. The Balaban J connectivity index is 1.65. The highest BCUT2D eigenvalue weighted by atomic mass is 16.5. The minimum atomic E-state index is 0.432. The van der Waals surface area contributed by atoms with Gasteiger partial charge in [-0.2, -0.15) is 0 Å². The van der Waals surface area contributed by atoms with E-state index in [-0.39, 0.29) is 0 Å². The highest BCUT2D eigenvalue weighted by Crippen LogP contribution is 2.47. The zero-order chi connectivity index (χ0) is 17.7. The molecule has 1 heterocycles. The van der Waals surface area contributed by atoms with Crippen LogP contribution in [0.5, 0.6) is 5.75 Å². The van der Waals surface area contributed by atoms with Crippen molar-refractivity contribution in [2.45, 2.75) is 57.5 Å². The van der Waals surface area contributed by atoms with Crippen LogP contribution in [0.3, 0.4) is 0 Å². The van der Waals surface area contributed by atoms with Gasteiger partial charge in [-0.05, 0) is 37.8 Å². The first kappa shape index (κ1) is 18.5. The van der Waals surface area contributed by atoms with E-state index >= 15 is 0 Å². The fourth-order valence-corrected chi connectivity index (χ4v) is 4.30. The normalized spacial score (nSPS) is 20.7. The van der Waals surface area contributed by atoms with Gasteiger partial charge in [0.25, 0.3) is 0 Å². The van der Waals surface area contributed by atoms with Crippen LogP contribution in [-0.2, 0) is 4.74 Å². The van der Waals surface area contributed by atoms with E-state index in [1.807, 2.05) is 6.07 Å². The van der Waals surface area contributed by atoms with Crippen molar-refractivity contribution in [3.63, 3.8) is 0 Å². The summed E-state index contributed by atoms with van der Waals surface area (Å²) in [7, 11) is 1.70.